The fourth-order valence-electron chi connectivity index (χ4n) is 5.99. The largest absolute Gasteiger partial charge is 0.497 e. The van der Waals surface area contributed by atoms with Gasteiger partial charge in [-0.3, -0.25) is 4.90 Å². The third-order valence-corrected chi connectivity index (χ3v) is 7.48. The monoisotopic (exact) mass is 443 g/mol. The molecule has 1 aliphatic heterocycles. The van der Waals surface area contributed by atoms with E-state index in [0.29, 0.717) is 12.2 Å². The number of nitrogens with zero attached hydrogens (tertiary/aromatic N) is 5. The van der Waals surface area contributed by atoms with Gasteiger partial charge in [0.25, 0.3) is 0 Å². The van der Waals surface area contributed by atoms with E-state index < -0.39 is 11.0 Å². The molecule has 0 radical (unpaired) electrons. The van der Waals surface area contributed by atoms with Gasteiger partial charge in [0, 0.05) is 18.0 Å². The molecule has 3 aromatic carbocycles. The van der Waals surface area contributed by atoms with E-state index in [9.17, 15) is 10.5 Å². The summed E-state index contributed by atoms with van der Waals surface area (Å²) in [6.07, 6.45) is 0. The van der Waals surface area contributed by atoms with Gasteiger partial charge in [0.2, 0.25) is 0 Å². The molecule has 1 spiro atoms. The minimum Gasteiger partial charge on any atom is -0.497 e. The molecule has 0 amide bonds. The normalized spacial score (nSPS) is 22.2. The van der Waals surface area contributed by atoms with Crippen molar-refractivity contribution in [3.63, 3.8) is 0 Å². The van der Waals surface area contributed by atoms with Crippen molar-refractivity contribution in [1.82, 2.24) is 14.9 Å². The lowest BCUT2D eigenvalue weighted by Crippen LogP contribution is -2.49. The van der Waals surface area contributed by atoms with Crippen LogP contribution in [0.15, 0.2) is 72.8 Å². The Morgan fingerprint density at radius 2 is 1.56 bits per heavy atom. The summed E-state index contributed by atoms with van der Waals surface area (Å²) in [4.78, 5) is 12.2. The van der Waals surface area contributed by atoms with Crippen molar-refractivity contribution in [1.29, 1.82) is 10.5 Å². The highest BCUT2D eigenvalue weighted by molar-refractivity contribution is 5.85. The first-order valence-corrected chi connectivity index (χ1v) is 11.2. The molecule has 4 aromatic rings. The Bertz CT molecular complexity index is 1520. The molecule has 0 saturated carbocycles. The van der Waals surface area contributed by atoms with Crippen molar-refractivity contribution in [2.24, 2.45) is 5.41 Å². The number of likely N-dealkylation sites (N-methyl/N-ethyl adjacent to an activating group) is 1. The molecule has 164 valence electrons. The number of hydrogen-bond acceptors (Lipinski definition) is 6. The van der Waals surface area contributed by atoms with Crippen LogP contribution in [0.5, 0.6) is 5.75 Å². The number of rotatable bonds is 2. The van der Waals surface area contributed by atoms with Crippen molar-refractivity contribution >= 4 is 11.0 Å². The molecule has 6 rings (SSSR count). The molecule has 2 aliphatic rings. The van der Waals surface area contributed by atoms with Gasteiger partial charge in [-0.15, -0.1) is 0 Å². The average Bonchev–Trinajstić information content (AvgIpc) is 3.33. The number of aromatic nitrogens is 2. The van der Waals surface area contributed by atoms with Gasteiger partial charge in [0.1, 0.15) is 11.3 Å². The lowest BCUT2D eigenvalue weighted by Gasteiger charge is -2.40. The highest BCUT2D eigenvalue weighted by Crippen LogP contribution is 2.65. The fraction of sp³-hybridized carbons (Fsp3) is 0.214. The minimum absolute atomic E-state index is 0.356. The molecule has 6 nitrogen and oxygen atoms in total. The Morgan fingerprint density at radius 1 is 0.912 bits per heavy atom. The van der Waals surface area contributed by atoms with Crippen LogP contribution >= 0.6 is 0 Å². The van der Waals surface area contributed by atoms with Gasteiger partial charge in [-0.25, -0.2) is 9.97 Å². The molecule has 2 heterocycles. The van der Waals surface area contributed by atoms with E-state index in [4.69, 9.17) is 14.7 Å². The molecule has 0 N–H and O–H groups in total. The van der Waals surface area contributed by atoms with Gasteiger partial charge < -0.3 is 4.74 Å². The molecule has 6 heteroatoms. The lowest BCUT2D eigenvalue weighted by atomic mass is 9.62. The fourth-order valence-corrected chi connectivity index (χ4v) is 5.99. The summed E-state index contributed by atoms with van der Waals surface area (Å²) < 4.78 is 5.33. The van der Waals surface area contributed by atoms with E-state index in [-0.39, 0.29) is 5.92 Å². The molecule has 0 unspecified atom stereocenters. The third kappa shape index (κ3) is 2.31. The molecular formula is C28H21N5O. The number of fused-ring (bicyclic) bond motifs is 6. The summed E-state index contributed by atoms with van der Waals surface area (Å²) in [5, 5.41) is 21.6. The van der Waals surface area contributed by atoms with Crippen LogP contribution in [0.1, 0.15) is 22.7 Å². The number of ether oxygens (including phenoxy) is 1. The zero-order valence-electron chi connectivity index (χ0n) is 18.9. The smallest absolute Gasteiger partial charge is 0.179 e. The number of methoxy groups -OCH3 is 1. The zero-order valence-corrected chi connectivity index (χ0v) is 18.9. The van der Waals surface area contributed by atoms with Crippen LogP contribution in [-0.2, 0) is 5.54 Å². The molecule has 1 aromatic heterocycles. The van der Waals surface area contributed by atoms with Gasteiger partial charge in [-0.05, 0) is 42.4 Å². The maximum atomic E-state index is 10.8. The Morgan fingerprint density at radius 3 is 2.24 bits per heavy atom. The Balaban J connectivity index is 1.69. The average molecular weight is 444 g/mol. The highest BCUT2D eigenvalue weighted by Gasteiger charge is 2.70. The zero-order chi connectivity index (χ0) is 23.5. The molecular weight excluding hydrogens is 422 g/mol. The maximum absolute atomic E-state index is 10.8. The summed E-state index contributed by atoms with van der Waals surface area (Å²) in [5.74, 6) is 0.379. The minimum atomic E-state index is -1.42. The summed E-state index contributed by atoms with van der Waals surface area (Å²) in [6.45, 7) is 0.524. The van der Waals surface area contributed by atoms with E-state index in [1.165, 1.54) is 0 Å². The van der Waals surface area contributed by atoms with Crippen LogP contribution in [0.2, 0.25) is 0 Å². The van der Waals surface area contributed by atoms with Crippen LogP contribution in [0.3, 0.4) is 0 Å². The summed E-state index contributed by atoms with van der Waals surface area (Å²) in [7, 11) is 3.60. The topological polar surface area (TPSA) is 85.8 Å². The molecule has 0 bridgehead atoms. The van der Waals surface area contributed by atoms with Crippen molar-refractivity contribution in [3.8, 4) is 29.1 Å². The molecule has 34 heavy (non-hydrogen) atoms. The second kappa shape index (κ2) is 7.12. The van der Waals surface area contributed by atoms with E-state index in [2.05, 4.69) is 17.0 Å². The maximum Gasteiger partial charge on any atom is 0.179 e. The quantitative estimate of drug-likeness (QED) is 0.449. The van der Waals surface area contributed by atoms with Crippen molar-refractivity contribution in [2.75, 3.05) is 20.7 Å². The summed E-state index contributed by atoms with van der Waals surface area (Å²) >= 11 is 0. The Hall–Kier alpha value is -4.26. The molecule has 1 fully saturated rings. The molecule has 1 aliphatic carbocycles. The number of likely N-dealkylation sites (tertiary alicyclic amines) is 1. The van der Waals surface area contributed by atoms with Crippen LogP contribution in [-0.4, -0.2) is 35.6 Å². The first kappa shape index (κ1) is 20.4. The number of para-hydroxylation sites is 2. The van der Waals surface area contributed by atoms with E-state index in [1.807, 2.05) is 79.8 Å². The van der Waals surface area contributed by atoms with Gasteiger partial charge in [-0.1, -0.05) is 48.5 Å². The van der Waals surface area contributed by atoms with Crippen LogP contribution in [0.4, 0.5) is 0 Å². The SMILES string of the molecule is COc1ccc([C@H]2CN(C)[C@@]3(c4ccccc4-c4nc5ccccc5nc43)C2(C#N)C#N)cc1. The van der Waals surface area contributed by atoms with Crippen LogP contribution in [0, 0.1) is 28.1 Å². The number of nitriles is 2. The number of benzene rings is 3. The standard InChI is InChI=1S/C28H21N5O/c1-33-15-22(18-11-13-19(34-2)14-12-18)27(16-29,17-30)28(33)21-8-4-3-7-20(21)25-26(28)32-24-10-6-5-9-23(24)31-25/h3-14,22H,15H2,1-2H3/t22-,28-/m1/s1. The first-order valence-electron chi connectivity index (χ1n) is 11.2. The van der Waals surface area contributed by atoms with E-state index >= 15 is 0 Å². The predicted octanol–water partition coefficient (Wildman–Crippen LogP) is 4.63. The lowest BCUT2D eigenvalue weighted by molar-refractivity contribution is 0.165. The molecule has 1 saturated heterocycles. The van der Waals surface area contributed by atoms with Gasteiger partial charge in [0.05, 0.1) is 41.7 Å². The van der Waals surface area contributed by atoms with Crippen molar-refractivity contribution in [3.05, 3.63) is 89.6 Å². The van der Waals surface area contributed by atoms with Gasteiger partial charge in [0.15, 0.2) is 5.41 Å². The first-order chi connectivity index (χ1) is 16.6. The van der Waals surface area contributed by atoms with Crippen molar-refractivity contribution in [2.45, 2.75) is 11.5 Å². The highest BCUT2D eigenvalue weighted by atomic mass is 16.5. The molecule has 2 atom stereocenters. The van der Waals surface area contributed by atoms with E-state index in [1.54, 1.807) is 7.11 Å². The van der Waals surface area contributed by atoms with Crippen LogP contribution < -0.4 is 4.74 Å². The predicted molar refractivity (Wildman–Crippen MR) is 128 cm³/mol. The second-order valence-electron chi connectivity index (χ2n) is 8.90. The van der Waals surface area contributed by atoms with Gasteiger partial charge in [-0.2, -0.15) is 10.5 Å². The van der Waals surface area contributed by atoms with Gasteiger partial charge >= 0.3 is 0 Å². The Labute approximate surface area is 197 Å². The van der Waals surface area contributed by atoms with Crippen LogP contribution in [0.25, 0.3) is 22.3 Å². The van der Waals surface area contributed by atoms with Crippen molar-refractivity contribution < 1.29 is 4.74 Å². The summed E-state index contributed by atoms with van der Waals surface area (Å²) in [6, 6.07) is 28.3. The summed E-state index contributed by atoms with van der Waals surface area (Å²) in [5.41, 5.74) is 3.24. The third-order valence-electron chi connectivity index (χ3n) is 7.48. The second-order valence-corrected chi connectivity index (χ2v) is 8.90. The number of hydrogen-bond donors (Lipinski definition) is 0. The Kier molecular flexibility index (Phi) is 4.26. The van der Waals surface area contributed by atoms with E-state index in [0.717, 1.165) is 39.2 Å².